The topological polar surface area (TPSA) is 22.4 Å². The molecule has 0 radical (unpaired) electrons. The lowest BCUT2D eigenvalue weighted by atomic mass is 9.85. The van der Waals surface area contributed by atoms with Crippen molar-refractivity contribution in [1.82, 2.24) is 0 Å². The molecule has 0 amide bonds. The summed E-state index contributed by atoms with van der Waals surface area (Å²) in [7, 11) is 0. The van der Waals surface area contributed by atoms with E-state index < -0.39 is 0 Å². The highest BCUT2D eigenvalue weighted by Crippen LogP contribution is 2.43. The molecule has 0 fully saturated rings. The van der Waals surface area contributed by atoms with Crippen LogP contribution in [0.1, 0.15) is 65.2 Å². The Bertz CT molecular complexity index is 862. The standard InChI is InChI=1S/C22H28O2/c1-13-9-15-16-10-14(2)12-18(22(6,7)8)23-20(16)24-19(15)17(11-13)21(3,4)5/h9-12H,1-8H3. The van der Waals surface area contributed by atoms with Gasteiger partial charge in [-0.3, -0.25) is 0 Å². The lowest BCUT2D eigenvalue weighted by molar-refractivity contribution is 0.246. The monoisotopic (exact) mass is 324 g/mol. The molecular formula is C22H28O2. The van der Waals surface area contributed by atoms with Crippen LogP contribution in [0.3, 0.4) is 0 Å². The zero-order valence-electron chi connectivity index (χ0n) is 16.1. The van der Waals surface area contributed by atoms with E-state index in [1.807, 2.05) is 0 Å². The van der Waals surface area contributed by atoms with E-state index in [4.69, 9.17) is 9.15 Å². The molecule has 0 spiro atoms. The average Bonchev–Trinajstić information content (AvgIpc) is 2.63. The summed E-state index contributed by atoms with van der Waals surface area (Å²) in [6.07, 6.45) is 4.29. The lowest BCUT2D eigenvalue weighted by Crippen LogP contribution is -2.14. The fraction of sp³-hybridized carbons (Fsp3) is 0.455. The van der Waals surface area contributed by atoms with Crippen molar-refractivity contribution in [3.8, 4) is 5.95 Å². The van der Waals surface area contributed by atoms with Gasteiger partial charge in [-0.25, -0.2) is 0 Å². The SMILES string of the molecule is CC1=Cc2c(oc3c(C(C)(C)C)cc(C)cc23)OC(C(C)(C)C)=C1. The molecule has 1 aromatic heterocycles. The van der Waals surface area contributed by atoms with E-state index in [9.17, 15) is 0 Å². The van der Waals surface area contributed by atoms with Crippen molar-refractivity contribution >= 4 is 17.0 Å². The highest BCUT2D eigenvalue weighted by Gasteiger charge is 2.28. The highest BCUT2D eigenvalue weighted by molar-refractivity contribution is 5.93. The first-order chi connectivity index (χ1) is 11.0. The van der Waals surface area contributed by atoms with Crippen LogP contribution in [0.5, 0.6) is 5.95 Å². The number of allylic oxidation sites excluding steroid dienone is 3. The summed E-state index contributed by atoms with van der Waals surface area (Å²) >= 11 is 0. The van der Waals surface area contributed by atoms with Gasteiger partial charge in [0.15, 0.2) is 0 Å². The number of furan rings is 1. The van der Waals surface area contributed by atoms with Crippen molar-refractivity contribution in [1.29, 1.82) is 0 Å². The molecule has 0 N–H and O–H groups in total. The van der Waals surface area contributed by atoms with E-state index in [0.717, 1.165) is 22.3 Å². The fourth-order valence-electron chi connectivity index (χ4n) is 3.09. The van der Waals surface area contributed by atoms with Crippen molar-refractivity contribution in [2.45, 2.75) is 60.8 Å². The van der Waals surface area contributed by atoms with E-state index >= 15 is 0 Å². The molecule has 0 saturated heterocycles. The Morgan fingerprint density at radius 1 is 0.833 bits per heavy atom. The Kier molecular flexibility index (Phi) is 3.71. The molecule has 24 heavy (non-hydrogen) atoms. The molecule has 0 unspecified atom stereocenters. The van der Waals surface area contributed by atoms with E-state index in [1.165, 1.54) is 16.7 Å². The summed E-state index contributed by atoms with van der Waals surface area (Å²) in [5.41, 5.74) is 5.59. The van der Waals surface area contributed by atoms with Gasteiger partial charge in [-0.2, -0.15) is 0 Å². The van der Waals surface area contributed by atoms with Crippen LogP contribution in [-0.2, 0) is 5.41 Å². The van der Waals surface area contributed by atoms with Crippen molar-refractivity contribution in [3.63, 3.8) is 0 Å². The van der Waals surface area contributed by atoms with Gasteiger partial charge < -0.3 is 9.15 Å². The Balaban J connectivity index is 2.29. The fourth-order valence-corrected chi connectivity index (χ4v) is 3.09. The molecule has 2 nitrogen and oxygen atoms in total. The molecule has 1 aromatic carbocycles. The number of ether oxygens (including phenoxy) is 1. The zero-order valence-corrected chi connectivity index (χ0v) is 16.1. The highest BCUT2D eigenvalue weighted by atomic mass is 16.6. The molecule has 3 rings (SSSR count). The molecule has 1 aliphatic heterocycles. The number of hydrogen-bond acceptors (Lipinski definition) is 2. The third-order valence-corrected chi connectivity index (χ3v) is 4.42. The van der Waals surface area contributed by atoms with Gasteiger partial charge in [0.05, 0.1) is 5.56 Å². The number of aryl methyl sites for hydroxylation is 1. The Morgan fingerprint density at radius 3 is 2.08 bits per heavy atom. The number of fused-ring (bicyclic) bond motifs is 3. The molecule has 0 saturated carbocycles. The first-order valence-corrected chi connectivity index (χ1v) is 8.63. The summed E-state index contributed by atoms with van der Waals surface area (Å²) in [4.78, 5) is 0. The number of benzene rings is 1. The quantitative estimate of drug-likeness (QED) is 0.534. The van der Waals surface area contributed by atoms with Gasteiger partial charge in [0.25, 0.3) is 5.95 Å². The average molecular weight is 324 g/mol. The molecule has 1 aliphatic rings. The van der Waals surface area contributed by atoms with Crippen molar-refractivity contribution in [3.05, 3.63) is 46.2 Å². The Morgan fingerprint density at radius 2 is 1.50 bits per heavy atom. The van der Waals surface area contributed by atoms with Gasteiger partial charge in [0.1, 0.15) is 11.3 Å². The maximum atomic E-state index is 6.25. The zero-order chi connectivity index (χ0) is 17.9. The third-order valence-electron chi connectivity index (χ3n) is 4.42. The van der Waals surface area contributed by atoms with Crippen LogP contribution in [0.4, 0.5) is 0 Å². The second-order valence-corrected chi connectivity index (χ2v) is 8.99. The van der Waals surface area contributed by atoms with Gasteiger partial charge in [0, 0.05) is 16.4 Å². The summed E-state index contributed by atoms with van der Waals surface area (Å²) in [5.74, 6) is 1.54. The van der Waals surface area contributed by atoms with Gasteiger partial charge in [-0.05, 0) is 48.6 Å². The molecular weight excluding hydrogens is 296 g/mol. The minimum absolute atomic E-state index is 0.0161. The first-order valence-electron chi connectivity index (χ1n) is 8.63. The maximum Gasteiger partial charge on any atom is 0.298 e. The van der Waals surface area contributed by atoms with Crippen LogP contribution in [0.2, 0.25) is 0 Å². The van der Waals surface area contributed by atoms with Gasteiger partial charge in [0.2, 0.25) is 0 Å². The summed E-state index contributed by atoms with van der Waals surface area (Å²) in [6.45, 7) is 17.4. The van der Waals surface area contributed by atoms with Crippen molar-refractivity contribution < 1.29 is 9.15 Å². The van der Waals surface area contributed by atoms with Gasteiger partial charge in [-0.15, -0.1) is 0 Å². The third kappa shape index (κ3) is 2.90. The first kappa shape index (κ1) is 16.9. The predicted molar refractivity (Wildman–Crippen MR) is 101 cm³/mol. The normalized spacial score (nSPS) is 15.5. The van der Waals surface area contributed by atoms with Crippen LogP contribution in [0.15, 0.2) is 34.0 Å². The van der Waals surface area contributed by atoms with Gasteiger partial charge >= 0.3 is 0 Å². The molecule has 2 heterocycles. The minimum atomic E-state index is -0.0710. The predicted octanol–water partition coefficient (Wildman–Crippen LogP) is 6.76. The molecule has 0 aliphatic carbocycles. The van der Waals surface area contributed by atoms with E-state index in [0.29, 0.717) is 5.95 Å². The second kappa shape index (κ2) is 5.27. The van der Waals surface area contributed by atoms with E-state index in [1.54, 1.807) is 0 Å². The minimum Gasteiger partial charge on any atom is -0.429 e. The smallest absolute Gasteiger partial charge is 0.298 e. The summed E-state index contributed by atoms with van der Waals surface area (Å²) in [5, 5.41) is 1.14. The molecule has 2 heteroatoms. The van der Waals surface area contributed by atoms with Crippen LogP contribution in [-0.4, -0.2) is 0 Å². The van der Waals surface area contributed by atoms with Crippen LogP contribution in [0, 0.1) is 12.3 Å². The van der Waals surface area contributed by atoms with E-state index in [2.05, 4.69) is 79.7 Å². The lowest BCUT2D eigenvalue weighted by Gasteiger charge is -2.22. The largest absolute Gasteiger partial charge is 0.429 e. The molecule has 0 bridgehead atoms. The Hall–Kier alpha value is -1.96. The van der Waals surface area contributed by atoms with Crippen LogP contribution in [0.25, 0.3) is 17.0 Å². The van der Waals surface area contributed by atoms with Crippen LogP contribution < -0.4 is 4.74 Å². The van der Waals surface area contributed by atoms with Crippen molar-refractivity contribution in [2.24, 2.45) is 5.41 Å². The van der Waals surface area contributed by atoms with Gasteiger partial charge in [-0.1, -0.05) is 47.6 Å². The molecule has 2 aromatic rings. The molecule has 0 atom stereocenters. The summed E-state index contributed by atoms with van der Waals surface area (Å²) < 4.78 is 12.5. The summed E-state index contributed by atoms with van der Waals surface area (Å²) in [6, 6.07) is 4.42. The van der Waals surface area contributed by atoms with Crippen molar-refractivity contribution in [2.75, 3.05) is 0 Å². The molecule has 128 valence electrons. The van der Waals surface area contributed by atoms with Crippen LogP contribution >= 0.6 is 0 Å². The number of rotatable bonds is 0. The number of hydrogen-bond donors (Lipinski definition) is 0. The van der Waals surface area contributed by atoms with E-state index in [-0.39, 0.29) is 10.8 Å². The second-order valence-electron chi connectivity index (χ2n) is 8.99. The maximum absolute atomic E-state index is 6.25. The Labute approximate surface area is 145 Å².